The van der Waals surface area contributed by atoms with Gasteiger partial charge in [0.25, 0.3) is 0 Å². The predicted molar refractivity (Wildman–Crippen MR) is 102 cm³/mol. The van der Waals surface area contributed by atoms with Gasteiger partial charge in [-0.3, -0.25) is 14.7 Å². The zero-order valence-electron chi connectivity index (χ0n) is 15.9. The molecule has 1 aromatic heterocycles. The summed E-state index contributed by atoms with van der Waals surface area (Å²) in [5.41, 5.74) is 1.44. The molecule has 3 saturated heterocycles. The van der Waals surface area contributed by atoms with Crippen molar-refractivity contribution in [2.45, 2.75) is 38.3 Å². The zero-order chi connectivity index (χ0) is 19.5. The number of piperidine rings is 1. The molecular weight excluding hydrogens is 360 g/mol. The third-order valence-electron chi connectivity index (χ3n) is 5.84. The summed E-state index contributed by atoms with van der Waals surface area (Å²) < 4.78 is 26.9. The number of amides is 1. The van der Waals surface area contributed by atoms with E-state index in [-0.39, 0.29) is 18.4 Å². The van der Waals surface area contributed by atoms with Crippen molar-refractivity contribution in [3.05, 3.63) is 65.5 Å². The van der Waals surface area contributed by atoms with Gasteiger partial charge >= 0.3 is 0 Å². The number of carbonyl (C=O) groups is 1. The van der Waals surface area contributed by atoms with E-state index in [1.54, 1.807) is 0 Å². The topological polar surface area (TPSA) is 36.4 Å². The van der Waals surface area contributed by atoms with Gasteiger partial charge in [-0.15, -0.1) is 0 Å². The van der Waals surface area contributed by atoms with Gasteiger partial charge in [-0.05, 0) is 48.9 Å². The second-order valence-electron chi connectivity index (χ2n) is 7.89. The number of halogens is 2. The summed E-state index contributed by atoms with van der Waals surface area (Å²) in [4.78, 5) is 21.7. The Morgan fingerprint density at radius 1 is 1.11 bits per heavy atom. The normalized spacial score (nSPS) is 22.3. The molecule has 3 aliphatic heterocycles. The first kappa shape index (κ1) is 19.0. The number of carbonyl (C=O) groups excluding carboxylic acids is 1. The smallest absolute Gasteiger partial charge is 0.223 e. The number of hydrogen-bond acceptors (Lipinski definition) is 3. The fraction of sp³-hybridized carbons (Fsp3) is 0.455. The van der Waals surface area contributed by atoms with Gasteiger partial charge in [0.2, 0.25) is 5.91 Å². The molecule has 0 radical (unpaired) electrons. The van der Waals surface area contributed by atoms with E-state index >= 15 is 0 Å². The summed E-state index contributed by atoms with van der Waals surface area (Å²) in [7, 11) is 0. The van der Waals surface area contributed by atoms with Crippen molar-refractivity contribution in [2.75, 3.05) is 19.6 Å². The highest BCUT2D eigenvalue weighted by atomic mass is 19.1. The highest BCUT2D eigenvalue weighted by Gasteiger charge is 2.36. The van der Waals surface area contributed by atoms with Crippen molar-refractivity contribution in [3.8, 4) is 0 Å². The van der Waals surface area contributed by atoms with Gasteiger partial charge in [0.1, 0.15) is 11.6 Å². The summed E-state index contributed by atoms with van der Waals surface area (Å²) in [5, 5.41) is 0. The molecule has 4 heterocycles. The molecule has 3 aliphatic rings. The van der Waals surface area contributed by atoms with E-state index < -0.39 is 11.6 Å². The number of aromatic nitrogens is 1. The van der Waals surface area contributed by atoms with Crippen LogP contribution in [0.2, 0.25) is 0 Å². The molecule has 0 unspecified atom stereocenters. The molecular formula is C22H25F2N3O. The quantitative estimate of drug-likeness (QED) is 0.791. The predicted octanol–water partition coefficient (Wildman–Crippen LogP) is 3.42. The van der Waals surface area contributed by atoms with Gasteiger partial charge < -0.3 is 4.90 Å². The molecule has 0 saturated carbocycles. The number of benzene rings is 1. The van der Waals surface area contributed by atoms with E-state index in [0.717, 1.165) is 50.8 Å². The van der Waals surface area contributed by atoms with Gasteiger partial charge in [-0.1, -0.05) is 12.1 Å². The Balaban J connectivity index is 1.38. The Labute approximate surface area is 164 Å². The number of nitrogens with zero attached hydrogens (tertiary/aromatic N) is 3. The van der Waals surface area contributed by atoms with Crippen LogP contribution in [-0.2, 0) is 17.8 Å². The highest BCUT2D eigenvalue weighted by Crippen LogP contribution is 2.29. The van der Waals surface area contributed by atoms with Crippen molar-refractivity contribution in [2.24, 2.45) is 5.92 Å². The molecule has 0 N–H and O–H groups in total. The number of rotatable bonds is 5. The molecule has 0 spiro atoms. The molecule has 2 atom stereocenters. The van der Waals surface area contributed by atoms with E-state index in [1.165, 1.54) is 12.1 Å². The maximum Gasteiger partial charge on any atom is 0.223 e. The Kier molecular flexibility index (Phi) is 5.67. The lowest BCUT2D eigenvalue weighted by Crippen LogP contribution is -2.47. The van der Waals surface area contributed by atoms with Crippen LogP contribution in [0.5, 0.6) is 0 Å². The van der Waals surface area contributed by atoms with E-state index in [0.29, 0.717) is 17.9 Å². The fourth-order valence-electron chi connectivity index (χ4n) is 4.44. The average Bonchev–Trinajstić information content (AvgIpc) is 2.98. The zero-order valence-corrected chi connectivity index (χ0v) is 15.9. The molecule has 6 heteroatoms. The number of hydrogen-bond donors (Lipinski definition) is 0. The van der Waals surface area contributed by atoms with Crippen molar-refractivity contribution < 1.29 is 13.6 Å². The van der Waals surface area contributed by atoms with Crippen LogP contribution in [0, 0.1) is 17.6 Å². The molecule has 5 rings (SSSR count). The second kappa shape index (κ2) is 8.35. The lowest BCUT2D eigenvalue weighted by Gasteiger charge is -2.36. The van der Waals surface area contributed by atoms with Crippen LogP contribution in [0.1, 0.15) is 30.5 Å². The largest absolute Gasteiger partial charge is 0.338 e. The van der Waals surface area contributed by atoms with Gasteiger partial charge in [0.15, 0.2) is 0 Å². The molecule has 148 valence electrons. The minimum Gasteiger partial charge on any atom is -0.338 e. The lowest BCUT2D eigenvalue weighted by molar-refractivity contribution is -0.135. The van der Waals surface area contributed by atoms with Gasteiger partial charge in [-0.2, -0.15) is 0 Å². The second-order valence-corrected chi connectivity index (χ2v) is 7.89. The summed E-state index contributed by atoms with van der Waals surface area (Å²) in [6, 6.07) is 9.70. The molecule has 28 heavy (non-hydrogen) atoms. The van der Waals surface area contributed by atoms with Crippen LogP contribution >= 0.6 is 0 Å². The van der Waals surface area contributed by atoms with E-state index in [2.05, 4.69) is 9.88 Å². The van der Waals surface area contributed by atoms with Crippen molar-refractivity contribution >= 4 is 5.91 Å². The highest BCUT2D eigenvalue weighted by molar-refractivity contribution is 5.77. The molecule has 4 nitrogen and oxygen atoms in total. The summed E-state index contributed by atoms with van der Waals surface area (Å²) in [6.07, 6.45) is 4.52. The first-order valence-corrected chi connectivity index (χ1v) is 9.94. The van der Waals surface area contributed by atoms with Crippen LogP contribution in [0.3, 0.4) is 0 Å². The number of pyridine rings is 1. The van der Waals surface area contributed by atoms with E-state index in [4.69, 9.17) is 0 Å². The summed E-state index contributed by atoms with van der Waals surface area (Å²) in [5.74, 6) is -0.635. The first-order chi connectivity index (χ1) is 13.6. The first-order valence-electron chi connectivity index (χ1n) is 9.94. The minimum absolute atomic E-state index is 0.0677. The maximum atomic E-state index is 13.8. The third kappa shape index (κ3) is 4.38. The Morgan fingerprint density at radius 3 is 2.79 bits per heavy atom. The van der Waals surface area contributed by atoms with Crippen molar-refractivity contribution in [1.29, 1.82) is 0 Å². The van der Waals surface area contributed by atoms with Crippen molar-refractivity contribution in [1.82, 2.24) is 14.8 Å². The van der Waals surface area contributed by atoms with E-state index in [9.17, 15) is 13.6 Å². The minimum atomic E-state index is -0.592. The summed E-state index contributed by atoms with van der Waals surface area (Å²) >= 11 is 0. The van der Waals surface area contributed by atoms with Gasteiger partial charge in [-0.25, -0.2) is 8.78 Å². The molecule has 2 aromatic rings. The number of fused-ring (bicyclic) bond motifs is 4. The Hall–Kier alpha value is -2.34. The molecule has 1 aromatic carbocycles. The number of aryl methyl sites for hydroxylation is 1. The Bertz CT molecular complexity index is 830. The maximum absolute atomic E-state index is 13.8. The molecule has 3 fully saturated rings. The molecule has 2 bridgehead atoms. The monoisotopic (exact) mass is 385 g/mol. The standard InChI is InChI=1S/C22H25F2N3O/c23-18-7-5-17(21(24)11-18)6-9-22(28)27-13-16-4-8-20(27)15-26(12-16)14-19-3-1-2-10-25-19/h1-3,5,7,10-11,16,20H,4,6,8-9,12-15H2/t16-,20+/m0/s1. The average molecular weight is 385 g/mol. The third-order valence-corrected chi connectivity index (χ3v) is 5.84. The fourth-order valence-corrected chi connectivity index (χ4v) is 4.44. The van der Waals surface area contributed by atoms with Crippen LogP contribution in [-0.4, -0.2) is 46.4 Å². The van der Waals surface area contributed by atoms with Crippen LogP contribution < -0.4 is 0 Å². The van der Waals surface area contributed by atoms with Crippen LogP contribution in [0.15, 0.2) is 42.6 Å². The van der Waals surface area contributed by atoms with Crippen LogP contribution in [0.25, 0.3) is 0 Å². The Morgan fingerprint density at radius 2 is 2.00 bits per heavy atom. The molecule has 0 aliphatic carbocycles. The van der Waals surface area contributed by atoms with Crippen LogP contribution in [0.4, 0.5) is 8.78 Å². The van der Waals surface area contributed by atoms with Gasteiger partial charge in [0.05, 0.1) is 5.69 Å². The summed E-state index contributed by atoms with van der Waals surface area (Å²) in [6.45, 7) is 3.40. The molecule has 1 amide bonds. The lowest BCUT2D eigenvalue weighted by atomic mass is 9.94. The SMILES string of the molecule is O=C(CCc1ccc(F)cc1F)N1C[C@H]2CC[C@@H]1CN(Cc1ccccn1)C2. The van der Waals surface area contributed by atoms with E-state index in [1.807, 2.05) is 29.3 Å². The van der Waals surface area contributed by atoms with Crippen molar-refractivity contribution in [3.63, 3.8) is 0 Å². The van der Waals surface area contributed by atoms with Gasteiger partial charge in [0, 0.05) is 50.9 Å².